The molecule has 4 rings (SSSR count). The van der Waals surface area contributed by atoms with Crippen LogP contribution in [-0.2, 0) is 0 Å². The summed E-state index contributed by atoms with van der Waals surface area (Å²) in [7, 11) is 2.13. The lowest BCUT2D eigenvalue weighted by molar-refractivity contribution is 0.370. The van der Waals surface area contributed by atoms with Crippen LogP contribution in [0.25, 0.3) is 22.2 Å². The third kappa shape index (κ3) is 2.59. The molecule has 1 aliphatic rings. The number of halogens is 1. The minimum atomic E-state index is -0.224. The highest BCUT2D eigenvalue weighted by atomic mass is 19.1. The van der Waals surface area contributed by atoms with Gasteiger partial charge in [0.25, 0.3) is 0 Å². The van der Waals surface area contributed by atoms with Gasteiger partial charge in [0.05, 0.1) is 5.52 Å². The molecule has 24 heavy (non-hydrogen) atoms. The zero-order valence-corrected chi connectivity index (χ0v) is 13.7. The number of benzene rings is 2. The first-order valence-electron chi connectivity index (χ1n) is 8.16. The van der Waals surface area contributed by atoms with Crippen molar-refractivity contribution >= 4 is 22.2 Å². The van der Waals surface area contributed by atoms with Crippen molar-refractivity contribution in [1.82, 2.24) is 9.47 Å². The molecule has 0 fully saturated rings. The number of hydrogen-bond donors (Lipinski definition) is 1. The zero-order chi connectivity index (χ0) is 16.7. The van der Waals surface area contributed by atoms with E-state index in [1.165, 1.54) is 23.3 Å². The summed E-state index contributed by atoms with van der Waals surface area (Å²) in [5, 5.41) is 1.15. The van der Waals surface area contributed by atoms with Crippen molar-refractivity contribution in [1.29, 1.82) is 0 Å². The quantitative estimate of drug-likeness (QED) is 0.722. The summed E-state index contributed by atoms with van der Waals surface area (Å²) in [6, 6.07) is 12.6. The molecular weight excluding hydrogens is 301 g/mol. The number of likely N-dealkylation sites (N-methyl/N-ethyl adjacent to an activating group) is 1. The fourth-order valence-corrected chi connectivity index (χ4v) is 3.33. The van der Waals surface area contributed by atoms with E-state index in [0.717, 1.165) is 41.8 Å². The Kier molecular flexibility index (Phi) is 3.62. The maximum absolute atomic E-state index is 13.3. The minimum Gasteiger partial charge on any atom is -0.399 e. The Morgan fingerprint density at radius 1 is 1.08 bits per heavy atom. The summed E-state index contributed by atoms with van der Waals surface area (Å²) in [5.41, 5.74) is 11.4. The van der Waals surface area contributed by atoms with Crippen LogP contribution in [0.15, 0.2) is 54.7 Å². The Bertz CT molecular complexity index is 922. The summed E-state index contributed by atoms with van der Waals surface area (Å²) in [5.74, 6) is -0.224. The smallest absolute Gasteiger partial charge is 0.123 e. The third-order valence-corrected chi connectivity index (χ3v) is 4.69. The van der Waals surface area contributed by atoms with Crippen molar-refractivity contribution in [3.8, 4) is 5.69 Å². The number of aromatic nitrogens is 1. The molecule has 0 amide bonds. The van der Waals surface area contributed by atoms with E-state index in [2.05, 4.69) is 28.8 Å². The molecular formula is C20H20FN3. The number of nitrogen functional groups attached to an aromatic ring is 1. The van der Waals surface area contributed by atoms with Gasteiger partial charge in [0.1, 0.15) is 5.82 Å². The second-order valence-corrected chi connectivity index (χ2v) is 6.41. The molecule has 0 radical (unpaired) electrons. The molecule has 0 saturated carbocycles. The van der Waals surface area contributed by atoms with E-state index in [-0.39, 0.29) is 5.82 Å². The van der Waals surface area contributed by atoms with Gasteiger partial charge in [-0.3, -0.25) is 0 Å². The zero-order valence-electron chi connectivity index (χ0n) is 13.7. The number of nitrogens with two attached hydrogens (primary N) is 1. The van der Waals surface area contributed by atoms with Crippen molar-refractivity contribution in [2.45, 2.75) is 6.42 Å². The van der Waals surface area contributed by atoms with Gasteiger partial charge in [0, 0.05) is 41.6 Å². The van der Waals surface area contributed by atoms with E-state index in [1.807, 2.05) is 18.2 Å². The van der Waals surface area contributed by atoms with Crippen LogP contribution in [0.3, 0.4) is 0 Å². The Morgan fingerprint density at radius 3 is 2.58 bits per heavy atom. The fourth-order valence-electron chi connectivity index (χ4n) is 3.33. The standard InChI is InChI=1S/C20H20FN3/c1-23-10-8-14(9-11-23)19-13-24(17-5-2-15(21)3-6-17)20-7-4-16(22)12-18(19)20/h2-8,12-13H,9-11,22H2,1H3. The van der Waals surface area contributed by atoms with Gasteiger partial charge in [-0.15, -0.1) is 0 Å². The average Bonchev–Trinajstić information content (AvgIpc) is 2.95. The van der Waals surface area contributed by atoms with Crippen molar-refractivity contribution in [2.24, 2.45) is 0 Å². The minimum absolute atomic E-state index is 0.224. The molecule has 2 heterocycles. The monoisotopic (exact) mass is 321 g/mol. The Labute approximate surface area is 140 Å². The number of hydrogen-bond acceptors (Lipinski definition) is 2. The van der Waals surface area contributed by atoms with Gasteiger partial charge in [-0.05, 0) is 61.5 Å². The predicted molar refractivity (Wildman–Crippen MR) is 97.7 cm³/mol. The Balaban J connectivity index is 1.91. The highest BCUT2D eigenvalue weighted by Gasteiger charge is 2.16. The molecule has 0 saturated heterocycles. The maximum atomic E-state index is 13.3. The van der Waals surface area contributed by atoms with Crippen LogP contribution in [0.2, 0.25) is 0 Å². The molecule has 2 aromatic carbocycles. The Hall–Kier alpha value is -2.59. The molecule has 0 atom stereocenters. The van der Waals surface area contributed by atoms with Gasteiger partial charge in [0.15, 0.2) is 0 Å². The van der Waals surface area contributed by atoms with Crippen molar-refractivity contribution in [3.63, 3.8) is 0 Å². The van der Waals surface area contributed by atoms with Gasteiger partial charge in [0.2, 0.25) is 0 Å². The van der Waals surface area contributed by atoms with E-state index >= 15 is 0 Å². The molecule has 2 N–H and O–H groups in total. The first kappa shape index (κ1) is 15.0. The average molecular weight is 321 g/mol. The van der Waals surface area contributed by atoms with Crippen LogP contribution in [0, 0.1) is 5.82 Å². The maximum Gasteiger partial charge on any atom is 0.123 e. The molecule has 1 aromatic heterocycles. The predicted octanol–water partition coefficient (Wildman–Crippen LogP) is 4.07. The van der Waals surface area contributed by atoms with Crippen LogP contribution in [0.5, 0.6) is 0 Å². The lowest BCUT2D eigenvalue weighted by atomic mass is 9.99. The SMILES string of the molecule is CN1CC=C(c2cn(-c3ccc(F)cc3)c3ccc(N)cc23)CC1. The molecule has 122 valence electrons. The molecule has 0 bridgehead atoms. The molecule has 1 aliphatic heterocycles. The summed E-state index contributed by atoms with van der Waals surface area (Å²) >= 11 is 0. The number of nitrogens with zero attached hydrogens (tertiary/aromatic N) is 2. The van der Waals surface area contributed by atoms with Gasteiger partial charge in [-0.2, -0.15) is 0 Å². The molecule has 3 aromatic rings. The van der Waals surface area contributed by atoms with Crippen molar-refractivity contribution < 1.29 is 4.39 Å². The van der Waals surface area contributed by atoms with Gasteiger partial charge >= 0.3 is 0 Å². The molecule has 0 aliphatic carbocycles. The fraction of sp³-hybridized carbons (Fsp3) is 0.200. The van der Waals surface area contributed by atoms with E-state index in [9.17, 15) is 4.39 Å². The summed E-state index contributed by atoms with van der Waals surface area (Å²) in [4.78, 5) is 2.30. The van der Waals surface area contributed by atoms with Crippen molar-refractivity contribution in [3.05, 3.63) is 66.1 Å². The largest absolute Gasteiger partial charge is 0.399 e. The van der Waals surface area contributed by atoms with E-state index in [4.69, 9.17) is 5.73 Å². The van der Waals surface area contributed by atoms with Crippen LogP contribution < -0.4 is 5.73 Å². The molecule has 4 heteroatoms. The van der Waals surface area contributed by atoms with Crippen LogP contribution in [0.4, 0.5) is 10.1 Å². The topological polar surface area (TPSA) is 34.2 Å². The third-order valence-electron chi connectivity index (χ3n) is 4.69. The molecule has 0 unspecified atom stereocenters. The lowest BCUT2D eigenvalue weighted by Gasteiger charge is -2.21. The van der Waals surface area contributed by atoms with Gasteiger partial charge in [-0.1, -0.05) is 6.08 Å². The lowest BCUT2D eigenvalue weighted by Crippen LogP contribution is -2.23. The second-order valence-electron chi connectivity index (χ2n) is 6.41. The second kappa shape index (κ2) is 5.80. The van der Waals surface area contributed by atoms with Gasteiger partial charge < -0.3 is 15.2 Å². The van der Waals surface area contributed by atoms with E-state index in [1.54, 1.807) is 12.1 Å². The number of fused-ring (bicyclic) bond motifs is 1. The molecule has 3 nitrogen and oxygen atoms in total. The van der Waals surface area contributed by atoms with Crippen molar-refractivity contribution in [2.75, 3.05) is 25.9 Å². The number of anilines is 1. The Morgan fingerprint density at radius 2 is 1.88 bits per heavy atom. The number of rotatable bonds is 2. The van der Waals surface area contributed by atoms with E-state index < -0.39 is 0 Å². The summed E-state index contributed by atoms with van der Waals surface area (Å²) in [6.07, 6.45) is 5.46. The highest BCUT2D eigenvalue weighted by Crippen LogP contribution is 2.33. The van der Waals surface area contributed by atoms with Crippen LogP contribution in [-0.4, -0.2) is 29.6 Å². The van der Waals surface area contributed by atoms with Crippen LogP contribution in [0.1, 0.15) is 12.0 Å². The summed E-state index contributed by atoms with van der Waals surface area (Å²) in [6.45, 7) is 2.01. The first-order chi connectivity index (χ1) is 11.6. The first-order valence-corrected chi connectivity index (χ1v) is 8.16. The van der Waals surface area contributed by atoms with Gasteiger partial charge in [-0.25, -0.2) is 4.39 Å². The normalized spacial score (nSPS) is 15.7. The highest BCUT2D eigenvalue weighted by molar-refractivity contribution is 5.96. The van der Waals surface area contributed by atoms with E-state index in [0.29, 0.717) is 0 Å². The molecule has 0 spiro atoms. The van der Waals surface area contributed by atoms with Crippen LogP contribution >= 0.6 is 0 Å². The summed E-state index contributed by atoms with van der Waals surface area (Å²) < 4.78 is 15.4.